The van der Waals surface area contributed by atoms with Crippen molar-refractivity contribution in [1.82, 2.24) is 20.1 Å². The zero-order valence-corrected chi connectivity index (χ0v) is 14.5. The SMILES string of the molecule is CCc1nc(C2CCN(CC(O)CCc3ccccc3)CC2)n[nH]1. The zero-order chi connectivity index (χ0) is 16.8. The Hall–Kier alpha value is -1.72. The lowest BCUT2D eigenvalue weighted by molar-refractivity contribution is 0.0907. The quantitative estimate of drug-likeness (QED) is 0.820. The number of H-pyrrole nitrogens is 1. The van der Waals surface area contributed by atoms with Crippen molar-refractivity contribution in [2.24, 2.45) is 0 Å². The van der Waals surface area contributed by atoms with Crippen LogP contribution < -0.4 is 0 Å². The fourth-order valence-electron chi connectivity index (χ4n) is 3.39. The Labute approximate surface area is 144 Å². The van der Waals surface area contributed by atoms with Gasteiger partial charge in [-0.1, -0.05) is 37.3 Å². The maximum absolute atomic E-state index is 10.3. The molecule has 2 aromatic rings. The third-order valence-corrected chi connectivity index (χ3v) is 4.91. The van der Waals surface area contributed by atoms with E-state index in [-0.39, 0.29) is 6.10 Å². The molecule has 0 radical (unpaired) electrons. The van der Waals surface area contributed by atoms with Gasteiger partial charge in [0, 0.05) is 18.9 Å². The Morgan fingerprint density at radius 2 is 2.00 bits per heavy atom. The van der Waals surface area contributed by atoms with Crippen LogP contribution in [0.3, 0.4) is 0 Å². The average Bonchev–Trinajstić information content (AvgIpc) is 3.11. The molecule has 5 nitrogen and oxygen atoms in total. The number of piperidine rings is 1. The second-order valence-electron chi connectivity index (χ2n) is 6.75. The van der Waals surface area contributed by atoms with Crippen molar-refractivity contribution in [2.45, 2.75) is 51.0 Å². The van der Waals surface area contributed by atoms with Crippen molar-refractivity contribution in [3.05, 3.63) is 47.5 Å². The van der Waals surface area contributed by atoms with Crippen molar-refractivity contribution in [1.29, 1.82) is 0 Å². The molecule has 0 amide bonds. The number of hydrogen-bond donors (Lipinski definition) is 2. The standard InChI is InChI=1S/C19H28N4O/c1-2-18-20-19(22-21-18)16-10-12-23(13-11-16)14-17(24)9-8-15-6-4-3-5-7-15/h3-7,16-17,24H,2,8-14H2,1H3,(H,20,21,22). The summed E-state index contributed by atoms with van der Waals surface area (Å²) in [6.45, 7) is 4.89. The number of nitrogens with zero attached hydrogens (tertiary/aromatic N) is 3. The van der Waals surface area contributed by atoms with Gasteiger partial charge in [-0.2, -0.15) is 5.10 Å². The van der Waals surface area contributed by atoms with Crippen molar-refractivity contribution in [3.8, 4) is 0 Å². The van der Waals surface area contributed by atoms with E-state index in [4.69, 9.17) is 0 Å². The smallest absolute Gasteiger partial charge is 0.153 e. The highest BCUT2D eigenvalue weighted by Crippen LogP contribution is 2.25. The number of nitrogens with one attached hydrogen (secondary N) is 1. The molecule has 24 heavy (non-hydrogen) atoms. The lowest BCUT2D eigenvalue weighted by Crippen LogP contribution is -2.38. The molecule has 0 saturated carbocycles. The molecule has 1 unspecified atom stereocenters. The molecule has 2 heterocycles. The van der Waals surface area contributed by atoms with E-state index in [1.165, 1.54) is 5.56 Å². The van der Waals surface area contributed by atoms with E-state index in [2.05, 4.69) is 51.3 Å². The Morgan fingerprint density at radius 3 is 2.67 bits per heavy atom. The summed E-state index contributed by atoms with van der Waals surface area (Å²) >= 11 is 0. The molecule has 5 heteroatoms. The number of rotatable bonds is 7. The number of benzene rings is 1. The van der Waals surface area contributed by atoms with E-state index in [1.807, 2.05) is 6.07 Å². The molecule has 1 fully saturated rings. The first-order valence-electron chi connectivity index (χ1n) is 9.10. The van der Waals surface area contributed by atoms with Gasteiger partial charge in [0.2, 0.25) is 0 Å². The molecule has 3 rings (SSSR count). The van der Waals surface area contributed by atoms with Crippen LogP contribution in [0, 0.1) is 0 Å². The third-order valence-electron chi connectivity index (χ3n) is 4.91. The van der Waals surface area contributed by atoms with E-state index in [9.17, 15) is 5.11 Å². The number of hydrogen-bond acceptors (Lipinski definition) is 4. The molecule has 0 bridgehead atoms. The molecule has 1 atom stereocenters. The summed E-state index contributed by atoms with van der Waals surface area (Å²) in [6.07, 6.45) is 4.57. The van der Waals surface area contributed by atoms with E-state index >= 15 is 0 Å². The van der Waals surface area contributed by atoms with Gasteiger partial charge in [0.15, 0.2) is 5.82 Å². The van der Waals surface area contributed by atoms with Crippen LogP contribution in [0.15, 0.2) is 30.3 Å². The molecule has 0 aliphatic carbocycles. The second-order valence-corrected chi connectivity index (χ2v) is 6.75. The van der Waals surface area contributed by atoms with Crippen LogP contribution in [0.1, 0.15) is 49.3 Å². The van der Waals surface area contributed by atoms with Crippen LogP contribution in [0.25, 0.3) is 0 Å². The highest BCUT2D eigenvalue weighted by molar-refractivity contribution is 5.14. The number of β-amino-alcohol motifs (C(OH)–C–C–N with tert-alkyl or cyclic N) is 1. The summed E-state index contributed by atoms with van der Waals surface area (Å²) in [5, 5.41) is 17.7. The maximum atomic E-state index is 10.3. The van der Waals surface area contributed by atoms with E-state index in [0.29, 0.717) is 5.92 Å². The fraction of sp³-hybridized carbons (Fsp3) is 0.579. The van der Waals surface area contributed by atoms with E-state index < -0.39 is 0 Å². The molecule has 2 N–H and O–H groups in total. The van der Waals surface area contributed by atoms with Gasteiger partial charge in [0.05, 0.1) is 6.10 Å². The fourth-order valence-corrected chi connectivity index (χ4v) is 3.39. The molecule has 1 aliphatic rings. The molecule has 130 valence electrons. The van der Waals surface area contributed by atoms with Crippen LogP contribution in [0.5, 0.6) is 0 Å². The minimum absolute atomic E-state index is 0.253. The Morgan fingerprint density at radius 1 is 1.25 bits per heavy atom. The second kappa shape index (κ2) is 8.40. The number of aliphatic hydroxyl groups excluding tert-OH is 1. The lowest BCUT2D eigenvalue weighted by Gasteiger charge is -2.32. The number of aromatic nitrogens is 3. The minimum Gasteiger partial charge on any atom is -0.392 e. The van der Waals surface area contributed by atoms with Crippen LogP contribution in [-0.4, -0.2) is 50.9 Å². The maximum Gasteiger partial charge on any atom is 0.153 e. The number of aryl methyl sites for hydroxylation is 2. The minimum atomic E-state index is -0.253. The Kier molecular flexibility index (Phi) is 5.99. The van der Waals surface area contributed by atoms with Gasteiger partial charge < -0.3 is 10.0 Å². The van der Waals surface area contributed by atoms with Crippen molar-refractivity contribution in [2.75, 3.05) is 19.6 Å². The highest BCUT2D eigenvalue weighted by Gasteiger charge is 2.24. The lowest BCUT2D eigenvalue weighted by atomic mass is 9.95. The van der Waals surface area contributed by atoms with Crippen LogP contribution in [-0.2, 0) is 12.8 Å². The van der Waals surface area contributed by atoms with Crippen LogP contribution in [0.4, 0.5) is 0 Å². The van der Waals surface area contributed by atoms with Gasteiger partial charge in [0.1, 0.15) is 5.82 Å². The molecule has 1 aliphatic heterocycles. The van der Waals surface area contributed by atoms with E-state index in [0.717, 1.165) is 63.4 Å². The van der Waals surface area contributed by atoms with Gasteiger partial charge >= 0.3 is 0 Å². The predicted octanol–water partition coefficient (Wildman–Crippen LogP) is 2.54. The molecule has 0 spiro atoms. The molecule has 1 aromatic heterocycles. The predicted molar refractivity (Wildman–Crippen MR) is 94.9 cm³/mol. The average molecular weight is 328 g/mol. The van der Waals surface area contributed by atoms with E-state index in [1.54, 1.807) is 0 Å². The van der Waals surface area contributed by atoms with Gasteiger partial charge in [0.25, 0.3) is 0 Å². The summed E-state index contributed by atoms with van der Waals surface area (Å²) in [7, 11) is 0. The topological polar surface area (TPSA) is 65.0 Å². The first kappa shape index (κ1) is 17.1. The van der Waals surface area contributed by atoms with Crippen LogP contribution >= 0.6 is 0 Å². The van der Waals surface area contributed by atoms with Crippen molar-refractivity contribution in [3.63, 3.8) is 0 Å². The monoisotopic (exact) mass is 328 g/mol. The number of likely N-dealkylation sites (tertiary alicyclic amines) is 1. The number of aromatic amines is 1. The molecular formula is C19H28N4O. The van der Waals surface area contributed by atoms with Crippen molar-refractivity contribution >= 4 is 0 Å². The molecular weight excluding hydrogens is 300 g/mol. The highest BCUT2D eigenvalue weighted by atomic mass is 16.3. The van der Waals surface area contributed by atoms with Gasteiger partial charge in [-0.05, 0) is 44.3 Å². The van der Waals surface area contributed by atoms with Gasteiger partial charge in [-0.25, -0.2) is 4.98 Å². The summed E-state index contributed by atoms with van der Waals surface area (Å²) in [5.74, 6) is 2.40. The first-order chi connectivity index (χ1) is 11.7. The van der Waals surface area contributed by atoms with Gasteiger partial charge in [-0.3, -0.25) is 5.10 Å². The summed E-state index contributed by atoms with van der Waals surface area (Å²) in [4.78, 5) is 6.94. The van der Waals surface area contributed by atoms with Crippen molar-refractivity contribution < 1.29 is 5.11 Å². The molecule has 1 saturated heterocycles. The third kappa shape index (κ3) is 4.65. The first-order valence-corrected chi connectivity index (χ1v) is 9.10. The Bertz CT molecular complexity index is 605. The summed E-state index contributed by atoms with van der Waals surface area (Å²) in [5.41, 5.74) is 1.30. The summed E-state index contributed by atoms with van der Waals surface area (Å²) in [6, 6.07) is 10.4. The van der Waals surface area contributed by atoms with Gasteiger partial charge in [-0.15, -0.1) is 0 Å². The summed E-state index contributed by atoms with van der Waals surface area (Å²) < 4.78 is 0. The van der Waals surface area contributed by atoms with Crippen LogP contribution in [0.2, 0.25) is 0 Å². The largest absolute Gasteiger partial charge is 0.392 e. The normalized spacial score (nSPS) is 17.9. The Balaban J connectivity index is 1.40. The zero-order valence-electron chi connectivity index (χ0n) is 14.5. The molecule has 1 aromatic carbocycles. The number of aliphatic hydroxyl groups is 1.